The highest BCUT2D eigenvalue weighted by atomic mass is 16.5. The van der Waals surface area contributed by atoms with Crippen LogP contribution < -0.4 is 5.32 Å². The van der Waals surface area contributed by atoms with Gasteiger partial charge >= 0.3 is 12.1 Å². The number of rotatable bonds is 4. The summed E-state index contributed by atoms with van der Waals surface area (Å²) in [7, 11) is 0. The van der Waals surface area contributed by atoms with Crippen molar-refractivity contribution in [1.29, 1.82) is 0 Å². The Morgan fingerprint density at radius 1 is 1.04 bits per heavy atom. The molecule has 4 fully saturated rings. The zero-order chi connectivity index (χ0) is 16.7. The SMILES string of the molecule is O=C(NC1(C(=O)O)C2CC3CC(C2)CC1C3)OCc1ccccc1. The monoisotopic (exact) mass is 329 g/mol. The number of amides is 1. The number of hydrogen-bond donors (Lipinski definition) is 2. The normalized spacial score (nSPS) is 36.3. The lowest BCUT2D eigenvalue weighted by Crippen LogP contribution is -2.70. The Bertz CT molecular complexity index is 614. The van der Waals surface area contributed by atoms with Crippen LogP contribution in [0.2, 0.25) is 0 Å². The quantitative estimate of drug-likeness (QED) is 0.889. The molecule has 0 aromatic heterocycles. The molecule has 2 N–H and O–H groups in total. The standard InChI is InChI=1S/C19H23NO4/c21-17(22)19(15-7-13-6-14(9-15)10-16(19)8-13)20-18(23)24-11-12-4-2-1-3-5-12/h1-5,13-16H,6-11H2,(H,20,23)(H,21,22). The predicted molar refractivity (Wildman–Crippen MR) is 87.2 cm³/mol. The molecule has 24 heavy (non-hydrogen) atoms. The Balaban J connectivity index is 1.48. The Labute approximate surface area is 141 Å². The number of nitrogens with one attached hydrogen (secondary N) is 1. The van der Waals surface area contributed by atoms with Gasteiger partial charge in [0.2, 0.25) is 0 Å². The lowest BCUT2D eigenvalue weighted by molar-refractivity contribution is -0.163. The van der Waals surface area contributed by atoms with E-state index in [0.29, 0.717) is 11.8 Å². The molecule has 0 radical (unpaired) electrons. The smallest absolute Gasteiger partial charge is 0.408 e. The van der Waals surface area contributed by atoms with Crippen LogP contribution in [0.15, 0.2) is 30.3 Å². The van der Waals surface area contributed by atoms with E-state index in [-0.39, 0.29) is 18.4 Å². The van der Waals surface area contributed by atoms with Gasteiger partial charge in [0.15, 0.2) is 0 Å². The average Bonchev–Trinajstić information content (AvgIpc) is 2.56. The number of carbonyl (C=O) groups excluding carboxylic acids is 1. The second kappa shape index (κ2) is 5.80. The van der Waals surface area contributed by atoms with Crippen LogP contribution in [-0.2, 0) is 16.1 Å². The van der Waals surface area contributed by atoms with Crippen LogP contribution in [0.25, 0.3) is 0 Å². The third kappa shape index (κ3) is 2.46. The number of carboxylic acid groups (broad SMARTS) is 1. The highest BCUT2D eigenvalue weighted by Gasteiger charge is 2.62. The molecule has 0 saturated heterocycles. The first-order chi connectivity index (χ1) is 11.6. The fourth-order valence-corrected chi connectivity index (χ4v) is 5.46. The van der Waals surface area contributed by atoms with Crippen LogP contribution in [0, 0.1) is 23.7 Å². The second-order valence-corrected chi connectivity index (χ2v) is 7.67. The van der Waals surface area contributed by atoms with Gasteiger partial charge in [0, 0.05) is 0 Å². The molecule has 1 aromatic carbocycles. The summed E-state index contributed by atoms with van der Waals surface area (Å²) in [5.74, 6) is 0.461. The zero-order valence-electron chi connectivity index (χ0n) is 13.6. The number of ether oxygens (including phenoxy) is 1. The summed E-state index contributed by atoms with van der Waals surface area (Å²) in [5, 5.41) is 12.7. The van der Waals surface area contributed by atoms with Crippen molar-refractivity contribution in [1.82, 2.24) is 5.32 Å². The molecular formula is C19H23NO4. The Morgan fingerprint density at radius 3 is 2.17 bits per heavy atom. The zero-order valence-corrected chi connectivity index (χ0v) is 13.6. The molecule has 128 valence electrons. The second-order valence-electron chi connectivity index (χ2n) is 7.67. The van der Waals surface area contributed by atoms with E-state index in [1.807, 2.05) is 30.3 Å². The van der Waals surface area contributed by atoms with Gasteiger partial charge in [-0.15, -0.1) is 0 Å². The number of aliphatic carboxylic acids is 1. The molecule has 4 aliphatic carbocycles. The Morgan fingerprint density at radius 2 is 1.62 bits per heavy atom. The highest BCUT2D eigenvalue weighted by molar-refractivity contribution is 5.85. The summed E-state index contributed by atoms with van der Waals surface area (Å²) in [4.78, 5) is 24.5. The van der Waals surface area contributed by atoms with Gasteiger partial charge in [0.05, 0.1) is 0 Å². The van der Waals surface area contributed by atoms with E-state index in [1.54, 1.807) is 0 Å². The van der Waals surface area contributed by atoms with Crippen LogP contribution in [0.4, 0.5) is 4.79 Å². The molecule has 4 saturated carbocycles. The lowest BCUT2D eigenvalue weighted by atomic mass is 9.48. The van der Waals surface area contributed by atoms with Crippen molar-refractivity contribution in [3.63, 3.8) is 0 Å². The van der Waals surface area contributed by atoms with E-state index in [2.05, 4.69) is 5.32 Å². The van der Waals surface area contributed by atoms with Crippen LogP contribution in [0.5, 0.6) is 0 Å². The van der Waals surface area contributed by atoms with E-state index >= 15 is 0 Å². The Kier molecular flexibility index (Phi) is 3.74. The summed E-state index contributed by atoms with van der Waals surface area (Å²) in [6.07, 6.45) is 4.28. The summed E-state index contributed by atoms with van der Waals surface area (Å²) in [5.41, 5.74) is -0.247. The molecule has 4 bridgehead atoms. The maximum Gasteiger partial charge on any atom is 0.408 e. The third-order valence-electron chi connectivity index (χ3n) is 6.30. The minimum absolute atomic E-state index is 0.0375. The first kappa shape index (κ1) is 15.5. The van der Waals surface area contributed by atoms with Crippen LogP contribution in [-0.4, -0.2) is 22.7 Å². The van der Waals surface area contributed by atoms with Gasteiger partial charge in [-0.2, -0.15) is 0 Å². The highest BCUT2D eigenvalue weighted by Crippen LogP contribution is 2.58. The molecule has 0 spiro atoms. The summed E-state index contributed by atoms with van der Waals surface area (Å²) < 4.78 is 5.30. The van der Waals surface area contributed by atoms with Crippen LogP contribution >= 0.6 is 0 Å². The van der Waals surface area contributed by atoms with Gasteiger partial charge in [-0.25, -0.2) is 9.59 Å². The molecule has 0 heterocycles. The van der Waals surface area contributed by atoms with Crippen LogP contribution in [0.3, 0.4) is 0 Å². The average molecular weight is 329 g/mol. The fraction of sp³-hybridized carbons (Fsp3) is 0.579. The van der Waals surface area contributed by atoms with Gasteiger partial charge in [-0.3, -0.25) is 0 Å². The van der Waals surface area contributed by atoms with Gasteiger partial charge in [-0.1, -0.05) is 30.3 Å². The van der Waals surface area contributed by atoms with Crippen molar-refractivity contribution in [2.45, 2.75) is 44.2 Å². The molecule has 0 unspecified atom stereocenters. The van der Waals surface area contributed by atoms with Crippen molar-refractivity contribution < 1.29 is 19.4 Å². The largest absolute Gasteiger partial charge is 0.479 e. The fourth-order valence-electron chi connectivity index (χ4n) is 5.46. The van der Waals surface area contributed by atoms with E-state index in [1.165, 1.54) is 6.42 Å². The van der Waals surface area contributed by atoms with Gasteiger partial charge in [-0.05, 0) is 61.3 Å². The van der Waals surface area contributed by atoms with Gasteiger partial charge in [0.25, 0.3) is 0 Å². The number of benzene rings is 1. The van der Waals surface area contributed by atoms with E-state index in [4.69, 9.17) is 4.74 Å². The first-order valence-corrected chi connectivity index (χ1v) is 8.80. The number of carboxylic acids is 1. The summed E-state index contributed by atoms with van der Waals surface area (Å²) >= 11 is 0. The van der Waals surface area contributed by atoms with Crippen molar-refractivity contribution >= 4 is 12.1 Å². The summed E-state index contributed by atoms with van der Waals surface area (Å²) in [6.45, 7) is 0.156. The minimum Gasteiger partial charge on any atom is -0.479 e. The number of carbonyl (C=O) groups is 2. The molecule has 4 aliphatic rings. The maximum absolute atomic E-state index is 12.3. The molecule has 5 nitrogen and oxygen atoms in total. The first-order valence-electron chi connectivity index (χ1n) is 8.80. The van der Waals surface area contributed by atoms with E-state index in [9.17, 15) is 14.7 Å². The third-order valence-corrected chi connectivity index (χ3v) is 6.30. The summed E-state index contributed by atoms with van der Waals surface area (Å²) in [6, 6.07) is 9.42. The Hall–Kier alpha value is -2.04. The van der Waals surface area contributed by atoms with Crippen molar-refractivity contribution in [2.24, 2.45) is 23.7 Å². The lowest BCUT2D eigenvalue weighted by Gasteiger charge is -2.58. The topological polar surface area (TPSA) is 75.6 Å². The molecular weight excluding hydrogens is 306 g/mol. The van der Waals surface area contributed by atoms with Gasteiger partial charge in [0.1, 0.15) is 12.1 Å². The molecule has 5 heteroatoms. The van der Waals surface area contributed by atoms with E-state index < -0.39 is 17.6 Å². The molecule has 0 atom stereocenters. The number of hydrogen-bond acceptors (Lipinski definition) is 3. The maximum atomic E-state index is 12.3. The van der Waals surface area contributed by atoms with Crippen LogP contribution in [0.1, 0.15) is 37.7 Å². The van der Waals surface area contributed by atoms with Crippen molar-refractivity contribution in [3.8, 4) is 0 Å². The van der Waals surface area contributed by atoms with E-state index in [0.717, 1.165) is 31.2 Å². The molecule has 1 amide bonds. The van der Waals surface area contributed by atoms with Crippen molar-refractivity contribution in [2.75, 3.05) is 0 Å². The minimum atomic E-state index is -1.14. The molecule has 0 aliphatic heterocycles. The molecule has 1 aromatic rings. The molecule has 5 rings (SSSR count). The predicted octanol–water partition coefficient (Wildman–Crippen LogP) is 3.19. The van der Waals surface area contributed by atoms with Gasteiger partial charge < -0.3 is 15.2 Å². The van der Waals surface area contributed by atoms with Crippen molar-refractivity contribution in [3.05, 3.63) is 35.9 Å². The number of alkyl carbamates (subject to hydrolysis) is 1.